The molecule has 0 saturated carbocycles. The van der Waals surface area contributed by atoms with Crippen LogP contribution in [0.1, 0.15) is 12.5 Å². The first kappa shape index (κ1) is 13.8. The van der Waals surface area contributed by atoms with E-state index in [0.29, 0.717) is 13.2 Å². The van der Waals surface area contributed by atoms with Crippen molar-refractivity contribution in [1.82, 2.24) is 0 Å². The Morgan fingerprint density at radius 2 is 2.37 bits per heavy atom. The largest absolute Gasteiger partial charge is 0.497 e. The number of hydrogen-bond donors (Lipinski definition) is 1. The number of carbonyl (C=O) groups is 1. The number of nitrogens with two attached hydrogens (primary N) is 1. The average molecular weight is 265 g/mol. The summed E-state index contributed by atoms with van der Waals surface area (Å²) in [5.74, 6) is 0.418. The minimum Gasteiger partial charge on any atom is -0.497 e. The van der Waals surface area contributed by atoms with Gasteiger partial charge >= 0.3 is 5.97 Å². The van der Waals surface area contributed by atoms with Crippen LogP contribution in [0.3, 0.4) is 0 Å². The molecule has 5 nitrogen and oxygen atoms in total. The molecule has 19 heavy (non-hydrogen) atoms. The molecule has 2 rings (SSSR count). The normalized spacial score (nSPS) is 26.2. The second-order valence-corrected chi connectivity index (χ2v) is 4.97. The molecular weight excluding hydrogens is 246 g/mol. The van der Waals surface area contributed by atoms with Gasteiger partial charge in [-0.15, -0.1) is 0 Å². The minimum absolute atomic E-state index is 0.207. The van der Waals surface area contributed by atoms with E-state index < -0.39 is 5.41 Å². The Hall–Kier alpha value is -1.59. The van der Waals surface area contributed by atoms with Gasteiger partial charge in [-0.25, -0.2) is 0 Å². The topological polar surface area (TPSA) is 70.8 Å². The summed E-state index contributed by atoms with van der Waals surface area (Å²) in [6.45, 7) is 2.69. The van der Waals surface area contributed by atoms with Crippen molar-refractivity contribution in [3.63, 3.8) is 0 Å². The molecule has 5 heteroatoms. The van der Waals surface area contributed by atoms with Crippen molar-refractivity contribution < 1.29 is 19.0 Å². The summed E-state index contributed by atoms with van der Waals surface area (Å²) in [6, 6.07) is 7.09. The molecular formula is C14H19NO4. The average Bonchev–Trinajstić information content (AvgIpc) is 2.77. The first-order chi connectivity index (χ1) is 9.06. The number of rotatable bonds is 4. The van der Waals surface area contributed by atoms with Gasteiger partial charge in [0.25, 0.3) is 0 Å². The maximum Gasteiger partial charge on any atom is 0.316 e. The Bertz CT molecular complexity index is 463. The highest BCUT2D eigenvalue weighted by Gasteiger charge is 2.45. The SMILES string of the molecule is COc1cccc(COC(=O)C2(C)COCC2N)c1. The molecule has 0 aromatic heterocycles. The Morgan fingerprint density at radius 1 is 1.58 bits per heavy atom. The van der Waals surface area contributed by atoms with Crippen LogP contribution >= 0.6 is 0 Å². The second-order valence-electron chi connectivity index (χ2n) is 4.97. The van der Waals surface area contributed by atoms with Gasteiger partial charge in [0.1, 0.15) is 17.8 Å². The molecule has 0 bridgehead atoms. The van der Waals surface area contributed by atoms with E-state index in [2.05, 4.69) is 0 Å². The molecule has 1 aliphatic heterocycles. The summed E-state index contributed by atoms with van der Waals surface area (Å²) in [7, 11) is 1.60. The fourth-order valence-corrected chi connectivity index (χ4v) is 1.98. The van der Waals surface area contributed by atoms with Crippen molar-refractivity contribution in [2.45, 2.75) is 19.6 Å². The molecule has 0 aliphatic carbocycles. The van der Waals surface area contributed by atoms with Gasteiger partial charge in [0.15, 0.2) is 0 Å². The van der Waals surface area contributed by atoms with Crippen LogP contribution in [0.25, 0.3) is 0 Å². The standard InChI is InChI=1S/C14H19NO4/c1-14(9-18-8-12(14)15)13(16)19-7-10-4-3-5-11(6-10)17-2/h3-6,12H,7-9,15H2,1-2H3. The van der Waals surface area contributed by atoms with Crippen molar-refractivity contribution in [2.24, 2.45) is 11.1 Å². The second kappa shape index (κ2) is 5.59. The van der Waals surface area contributed by atoms with Gasteiger partial charge in [0.05, 0.1) is 20.3 Å². The summed E-state index contributed by atoms with van der Waals surface area (Å²) in [4.78, 5) is 12.1. The quantitative estimate of drug-likeness (QED) is 0.825. The van der Waals surface area contributed by atoms with E-state index in [1.54, 1.807) is 14.0 Å². The van der Waals surface area contributed by atoms with Gasteiger partial charge in [0.2, 0.25) is 0 Å². The number of ether oxygens (including phenoxy) is 3. The molecule has 1 aliphatic rings. The predicted octanol–water partition coefficient (Wildman–Crippen LogP) is 1.10. The lowest BCUT2D eigenvalue weighted by Crippen LogP contribution is -2.45. The number of methoxy groups -OCH3 is 1. The van der Waals surface area contributed by atoms with Crippen LogP contribution in [0.15, 0.2) is 24.3 Å². The number of esters is 1. The molecule has 0 spiro atoms. The van der Waals surface area contributed by atoms with Crippen molar-refractivity contribution >= 4 is 5.97 Å². The Morgan fingerprint density at radius 3 is 3.00 bits per heavy atom. The lowest BCUT2D eigenvalue weighted by Gasteiger charge is -2.24. The molecule has 2 atom stereocenters. The number of benzene rings is 1. The van der Waals surface area contributed by atoms with Crippen LogP contribution in [-0.2, 0) is 20.9 Å². The lowest BCUT2D eigenvalue weighted by atomic mass is 9.86. The number of hydrogen-bond acceptors (Lipinski definition) is 5. The third-order valence-electron chi connectivity index (χ3n) is 3.49. The van der Waals surface area contributed by atoms with Gasteiger partial charge in [-0.2, -0.15) is 0 Å². The van der Waals surface area contributed by atoms with Gasteiger partial charge < -0.3 is 19.9 Å². The van der Waals surface area contributed by atoms with Crippen LogP contribution in [-0.4, -0.2) is 32.3 Å². The number of carbonyl (C=O) groups excluding carboxylic acids is 1. The molecule has 1 fully saturated rings. The van der Waals surface area contributed by atoms with Gasteiger partial charge in [-0.1, -0.05) is 12.1 Å². The van der Waals surface area contributed by atoms with Crippen molar-refractivity contribution in [3.05, 3.63) is 29.8 Å². The van der Waals surface area contributed by atoms with E-state index in [4.69, 9.17) is 19.9 Å². The molecule has 104 valence electrons. The van der Waals surface area contributed by atoms with Gasteiger partial charge in [-0.05, 0) is 24.6 Å². The summed E-state index contributed by atoms with van der Waals surface area (Å²) in [6.07, 6.45) is 0. The van der Waals surface area contributed by atoms with E-state index in [-0.39, 0.29) is 18.6 Å². The first-order valence-corrected chi connectivity index (χ1v) is 6.20. The zero-order valence-electron chi connectivity index (χ0n) is 11.2. The van der Waals surface area contributed by atoms with Crippen molar-refractivity contribution in [2.75, 3.05) is 20.3 Å². The highest BCUT2D eigenvalue weighted by molar-refractivity contribution is 5.78. The fraction of sp³-hybridized carbons (Fsp3) is 0.500. The highest BCUT2D eigenvalue weighted by Crippen LogP contribution is 2.29. The van der Waals surface area contributed by atoms with Gasteiger partial charge in [0, 0.05) is 6.04 Å². The monoisotopic (exact) mass is 265 g/mol. The van der Waals surface area contributed by atoms with E-state index in [1.807, 2.05) is 24.3 Å². The van der Waals surface area contributed by atoms with E-state index >= 15 is 0 Å². The van der Waals surface area contributed by atoms with Crippen molar-refractivity contribution in [1.29, 1.82) is 0 Å². The van der Waals surface area contributed by atoms with Crippen LogP contribution < -0.4 is 10.5 Å². The molecule has 0 radical (unpaired) electrons. The summed E-state index contributed by atoms with van der Waals surface area (Å²) in [5, 5.41) is 0. The summed E-state index contributed by atoms with van der Waals surface area (Å²) in [5.41, 5.74) is 6.01. The fourth-order valence-electron chi connectivity index (χ4n) is 1.98. The molecule has 0 amide bonds. The molecule has 1 heterocycles. The zero-order valence-corrected chi connectivity index (χ0v) is 11.2. The van der Waals surface area contributed by atoms with Crippen LogP contribution in [0, 0.1) is 5.41 Å². The zero-order chi connectivity index (χ0) is 13.9. The predicted molar refractivity (Wildman–Crippen MR) is 69.7 cm³/mol. The Kier molecular flexibility index (Phi) is 4.07. The molecule has 1 saturated heterocycles. The lowest BCUT2D eigenvalue weighted by molar-refractivity contribution is -0.156. The third kappa shape index (κ3) is 2.88. The van der Waals surface area contributed by atoms with Gasteiger partial charge in [-0.3, -0.25) is 4.79 Å². The van der Waals surface area contributed by atoms with Crippen molar-refractivity contribution in [3.8, 4) is 5.75 Å². The maximum absolute atomic E-state index is 12.1. The summed E-state index contributed by atoms with van der Waals surface area (Å²) < 4.78 is 15.7. The summed E-state index contributed by atoms with van der Waals surface area (Å²) >= 11 is 0. The molecule has 1 aromatic rings. The molecule has 1 aromatic carbocycles. The van der Waals surface area contributed by atoms with Crippen LogP contribution in [0.2, 0.25) is 0 Å². The minimum atomic E-state index is -0.751. The molecule has 2 N–H and O–H groups in total. The Labute approximate surface area is 112 Å². The highest BCUT2D eigenvalue weighted by atomic mass is 16.5. The molecule has 2 unspecified atom stereocenters. The van der Waals surface area contributed by atoms with E-state index in [9.17, 15) is 4.79 Å². The third-order valence-corrected chi connectivity index (χ3v) is 3.49. The van der Waals surface area contributed by atoms with E-state index in [1.165, 1.54) is 0 Å². The Balaban J connectivity index is 1.96. The maximum atomic E-state index is 12.1. The van der Waals surface area contributed by atoms with Crippen LogP contribution in [0.5, 0.6) is 5.75 Å². The smallest absolute Gasteiger partial charge is 0.316 e. The van der Waals surface area contributed by atoms with E-state index in [0.717, 1.165) is 11.3 Å². The van der Waals surface area contributed by atoms with Crippen LogP contribution in [0.4, 0.5) is 0 Å². The first-order valence-electron chi connectivity index (χ1n) is 6.20.